The Morgan fingerprint density at radius 2 is 2.05 bits per heavy atom. The minimum atomic E-state index is -0.442. The molecule has 0 spiro atoms. The first-order valence-electron chi connectivity index (χ1n) is 6.85. The second-order valence-corrected chi connectivity index (χ2v) is 5.14. The van der Waals surface area contributed by atoms with Gasteiger partial charge in [0.25, 0.3) is 0 Å². The van der Waals surface area contributed by atoms with Crippen LogP contribution in [-0.4, -0.2) is 26.2 Å². The molecule has 1 aliphatic heterocycles. The summed E-state index contributed by atoms with van der Waals surface area (Å²) in [6.07, 6.45) is 0. The standard InChI is InChI=1S/C17H17NO3/c1-20-16-6-5-13(17(18)19)8-15(16)12-4-2-3-11(7-12)14-9-21-10-14/h2-8,14H,9-10H2,1H3,(H2,18,19). The van der Waals surface area contributed by atoms with Crippen molar-refractivity contribution in [3.63, 3.8) is 0 Å². The van der Waals surface area contributed by atoms with Gasteiger partial charge < -0.3 is 15.2 Å². The van der Waals surface area contributed by atoms with Crippen LogP contribution in [0, 0.1) is 0 Å². The quantitative estimate of drug-likeness (QED) is 0.938. The Hall–Kier alpha value is -2.33. The molecule has 0 radical (unpaired) electrons. The molecule has 0 aromatic heterocycles. The normalized spacial score (nSPS) is 14.5. The number of primary amides is 1. The zero-order chi connectivity index (χ0) is 14.8. The maximum Gasteiger partial charge on any atom is 0.248 e. The topological polar surface area (TPSA) is 61.5 Å². The van der Waals surface area contributed by atoms with E-state index in [-0.39, 0.29) is 0 Å². The molecule has 108 valence electrons. The van der Waals surface area contributed by atoms with Crippen molar-refractivity contribution in [2.75, 3.05) is 20.3 Å². The number of carbonyl (C=O) groups is 1. The first-order valence-corrected chi connectivity index (χ1v) is 6.85. The highest BCUT2D eigenvalue weighted by Crippen LogP contribution is 2.33. The highest BCUT2D eigenvalue weighted by molar-refractivity contribution is 5.94. The van der Waals surface area contributed by atoms with Crippen molar-refractivity contribution >= 4 is 5.91 Å². The molecule has 2 aromatic carbocycles. The van der Waals surface area contributed by atoms with Crippen LogP contribution < -0.4 is 10.5 Å². The van der Waals surface area contributed by atoms with Gasteiger partial charge in [-0.05, 0) is 29.3 Å². The Balaban J connectivity index is 2.05. The predicted molar refractivity (Wildman–Crippen MR) is 80.5 cm³/mol. The van der Waals surface area contributed by atoms with Gasteiger partial charge in [0.1, 0.15) is 5.75 Å². The Morgan fingerprint density at radius 1 is 1.24 bits per heavy atom. The first-order chi connectivity index (χ1) is 10.2. The summed E-state index contributed by atoms with van der Waals surface area (Å²) in [5.74, 6) is 0.736. The van der Waals surface area contributed by atoms with E-state index in [4.69, 9.17) is 15.2 Å². The van der Waals surface area contributed by atoms with Crippen LogP contribution in [0.4, 0.5) is 0 Å². The Kier molecular flexibility index (Phi) is 3.62. The smallest absolute Gasteiger partial charge is 0.248 e. The molecule has 21 heavy (non-hydrogen) atoms. The van der Waals surface area contributed by atoms with Crippen LogP contribution in [0.1, 0.15) is 21.8 Å². The van der Waals surface area contributed by atoms with Crippen LogP contribution in [0.5, 0.6) is 5.75 Å². The molecule has 2 N–H and O–H groups in total. The summed E-state index contributed by atoms with van der Waals surface area (Å²) >= 11 is 0. The van der Waals surface area contributed by atoms with E-state index in [1.807, 2.05) is 12.1 Å². The molecule has 0 aliphatic carbocycles. The number of hydrogen-bond donors (Lipinski definition) is 1. The van der Waals surface area contributed by atoms with Gasteiger partial charge in [-0.1, -0.05) is 24.3 Å². The second-order valence-electron chi connectivity index (χ2n) is 5.14. The molecule has 2 aromatic rings. The number of methoxy groups -OCH3 is 1. The number of carbonyl (C=O) groups excluding carboxylic acids is 1. The fourth-order valence-corrected chi connectivity index (χ4v) is 2.48. The summed E-state index contributed by atoms with van der Waals surface area (Å²) < 4.78 is 10.6. The average molecular weight is 283 g/mol. The van der Waals surface area contributed by atoms with Gasteiger partial charge in [-0.25, -0.2) is 0 Å². The Labute approximate surface area is 123 Å². The zero-order valence-electron chi connectivity index (χ0n) is 11.8. The number of hydrogen-bond acceptors (Lipinski definition) is 3. The minimum Gasteiger partial charge on any atom is -0.496 e. The summed E-state index contributed by atoms with van der Waals surface area (Å²) in [4.78, 5) is 11.4. The average Bonchev–Trinajstić information content (AvgIpc) is 2.45. The molecule has 0 unspecified atom stereocenters. The summed E-state index contributed by atoms with van der Waals surface area (Å²) in [6, 6.07) is 13.5. The molecular formula is C17H17NO3. The Morgan fingerprint density at radius 3 is 2.67 bits per heavy atom. The summed E-state index contributed by atoms with van der Waals surface area (Å²) in [5, 5.41) is 0. The van der Waals surface area contributed by atoms with Crippen molar-refractivity contribution in [2.45, 2.75) is 5.92 Å². The van der Waals surface area contributed by atoms with Crippen molar-refractivity contribution < 1.29 is 14.3 Å². The van der Waals surface area contributed by atoms with E-state index < -0.39 is 5.91 Å². The molecule has 0 bridgehead atoms. The molecule has 0 atom stereocenters. The van der Waals surface area contributed by atoms with Gasteiger partial charge >= 0.3 is 0 Å². The van der Waals surface area contributed by atoms with Gasteiger partial charge in [0, 0.05) is 17.0 Å². The lowest BCUT2D eigenvalue weighted by Crippen LogP contribution is -2.24. The minimum absolute atomic E-state index is 0.442. The highest BCUT2D eigenvalue weighted by Gasteiger charge is 2.21. The van der Waals surface area contributed by atoms with Gasteiger partial charge in [0.05, 0.1) is 20.3 Å². The van der Waals surface area contributed by atoms with Gasteiger partial charge in [-0.2, -0.15) is 0 Å². The number of rotatable bonds is 4. The van der Waals surface area contributed by atoms with Gasteiger partial charge in [0.15, 0.2) is 0 Å². The monoisotopic (exact) mass is 283 g/mol. The third-order valence-corrected chi connectivity index (χ3v) is 3.79. The zero-order valence-corrected chi connectivity index (χ0v) is 11.8. The maximum absolute atomic E-state index is 11.4. The molecule has 1 fully saturated rings. The third-order valence-electron chi connectivity index (χ3n) is 3.79. The predicted octanol–water partition coefficient (Wildman–Crippen LogP) is 2.57. The van der Waals surface area contributed by atoms with Crippen LogP contribution in [0.2, 0.25) is 0 Å². The summed E-state index contributed by atoms with van der Waals surface area (Å²) in [5.41, 5.74) is 8.97. The van der Waals surface area contributed by atoms with E-state index >= 15 is 0 Å². The van der Waals surface area contributed by atoms with Crippen molar-refractivity contribution in [3.8, 4) is 16.9 Å². The van der Waals surface area contributed by atoms with E-state index in [1.54, 1.807) is 25.3 Å². The van der Waals surface area contributed by atoms with Gasteiger partial charge in [-0.3, -0.25) is 4.79 Å². The third kappa shape index (κ3) is 2.62. The van der Waals surface area contributed by atoms with Crippen LogP contribution in [-0.2, 0) is 4.74 Å². The lowest BCUT2D eigenvalue weighted by Gasteiger charge is -2.26. The fraction of sp³-hybridized carbons (Fsp3) is 0.235. The lowest BCUT2D eigenvalue weighted by atomic mass is 9.93. The van der Waals surface area contributed by atoms with E-state index in [0.717, 1.165) is 30.1 Å². The van der Waals surface area contributed by atoms with Crippen LogP contribution >= 0.6 is 0 Å². The lowest BCUT2D eigenvalue weighted by molar-refractivity contribution is 0.00844. The van der Waals surface area contributed by atoms with Crippen LogP contribution in [0.3, 0.4) is 0 Å². The van der Waals surface area contributed by atoms with Gasteiger partial charge in [0.2, 0.25) is 5.91 Å². The van der Waals surface area contributed by atoms with E-state index in [9.17, 15) is 4.79 Å². The van der Waals surface area contributed by atoms with Gasteiger partial charge in [-0.15, -0.1) is 0 Å². The molecule has 1 saturated heterocycles. The fourth-order valence-electron chi connectivity index (χ4n) is 2.48. The molecule has 1 aliphatic rings. The maximum atomic E-state index is 11.4. The number of ether oxygens (including phenoxy) is 2. The van der Waals surface area contributed by atoms with Crippen molar-refractivity contribution in [1.29, 1.82) is 0 Å². The second kappa shape index (κ2) is 5.58. The van der Waals surface area contributed by atoms with Crippen LogP contribution in [0.15, 0.2) is 42.5 Å². The molecule has 1 amide bonds. The summed E-state index contributed by atoms with van der Waals surface area (Å²) in [7, 11) is 1.62. The molecule has 0 saturated carbocycles. The Bertz CT molecular complexity index is 677. The molecule has 4 nitrogen and oxygen atoms in total. The van der Waals surface area contributed by atoms with E-state index in [1.165, 1.54) is 5.56 Å². The highest BCUT2D eigenvalue weighted by atomic mass is 16.5. The van der Waals surface area contributed by atoms with Crippen molar-refractivity contribution in [1.82, 2.24) is 0 Å². The van der Waals surface area contributed by atoms with E-state index in [0.29, 0.717) is 11.5 Å². The van der Waals surface area contributed by atoms with E-state index in [2.05, 4.69) is 12.1 Å². The molecule has 3 rings (SSSR count). The number of benzene rings is 2. The largest absolute Gasteiger partial charge is 0.496 e. The molecule has 4 heteroatoms. The number of amides is 1. The SMILES string of the molecule is COc1ccc(C(N)=O)cc1-c1cccc(C2COC2)c1. The van der Waals surface area contributed by atoms with Crippen molar-refractivity contribution in [2.24, 2.45) is 5.73 Å². The molecular weight excluding hydrogens is 266 g/mol. The van der Waals surface area contributed by atoms with Crippen LogP contribution in [0.25, 0.3) is 11.1 Å². The molecule has 1 heterocycles. The first kappa shape index (κ1) is 13.6. The number of nitrogens with two attached hydrogens (primary N) is 1. The van der Waals surface area contributed by atoms with Crippen molar-refractivity contribution in [3.05, 3.63) is 53.6 Å². The summed E-state index contributed by atoms with van der Waals surface area (Å²) in [6.45, 7) is 1.53.